The summed E-state index contributed by atoms with van der Waals surface area (Å²) < 4.78 is 5.26. The molecule has 0 saturated carbocycles. The zero-order valence-electron chi connectivity index (χ0n) is 7.10. The fraction of sp³-hybridized carbons (Fsp3) is 0. The van der Waals surface area contributed by atoms with E-state index in [4.69, 9.17) is 11.0 Å². The first kappa shape index (κ1) is 7.87. The first-order valence-electron chi connectivity index (χ1n) is 4.09. The summed E-state index contributed by atoms with van der Waals surface area (Å²) >= 11 is 0. The number of rotatable bonds is 2. The van der Waals surface area contributed by atoms with Gasteiger partial charge in [0.05, 0.1) is 6.26 Å². The second-order valence-corrected chi connectivity index (χ2v) is 2.77. The monoisotopic (exact) mass is 169 g/mol. The van der Waals surface area contributed by atoms with Crippen LogP contribution in [0.3, 0.4) is 0 Å². The first-order valence-corrected chi connectivity index (χ1v) is 4.09. The second kappa shape index (κ2) is 3.31. The molecule has 1 aromatic carbocycles. The third kappa shape index (κ3) is 1.54. The molecule has 0 bridgehead atoms. The minimum atomic E-state index is 0.865. The molecular formula is C12H9O. The Hall–Kier alpha value is -1.76. The Morgan fingerprint density at radius 2 is 2.08 bits per heavy atom. The molecule has 63 valence electrons. The molecule has 0 spiro atoms. The minimum Gasteiger partial charge on any atom is -0.464 e. The molecule has 0 aliphatic carbocycles. The van der Waals surface area contributed by atoms with E-state index < -0.39 is 0 Å². The maximum absolute atomic E-state index is 5.42. The van der Waals surface area contributed by atoms with E-state index in [0.717, 1.165) is 16.9 Å². The van der Waals surface area contributed by atoms with E-state index in [1.54, 1.807) is 12.3 Å². The Balaban J connectivity index is 2.47. The molecule has 1 heterocycles. The third-order valence-electron chi connectivity index (χ3n) is 1.88. The molecule has 0 saturated heterocycles. The number of hydrogen-bond acceptors (Lipinski definition) is 1. The fourth-order valence-corrected chi connectivity index (χ4v) is 1.24. The van der Waals surface area contributed by atoms with Gasteiger partial charge in [-0.1, -0.05) is 30.9 Å². The van der Waals surface area contributed by atoms with Gasteiger partial charge in [-0.25, -0.2) is 0 Å². The van der Waals surface area contributed by atoms with Crippen LogP contribution in [0.5, 0.6) is 0 Å². The summed E-state index contributed by atoms with van der Waals surface area (Å²) in [6, 6.07) is 11.7. The molecule has 2 aromatic rings. The van der Waals surface area contributed by atoms with Crippen molar-refractivity contribution in [3.05, 3.63) is 54.8 Å². The number of furan rings is 1. The smallest absolute Gasteiger partial charge is 0.133 e. The van der Waals surface area contributed by atoms with Crippen molar-refractivity contribution in [1.29, 1.82) is 0 Å². The van der Waals surface area contributed by atoms with Crippen LogP contribution in [0.15, 0.2) is 47.1 Å². The predicted molar refractivity (Wildman–Crippen MR) is 52.9 cm³/mol. The summed E-state index contributed by atoms with van der Waals surface area (Å²) in [6.07, 6.45) is 3.24. The summed E-state index contributed by atoms with van der Waals surface area (Å²) in [5, 5.41) is 0. The van der Waals surface area contributed by atoms with Crippen LogP contribution in [0.4, 0.5) is 0 Å². The molecule has 0 aliphatic heterocycles. The average molecular weight is 169 g/mol. The zero-order valence-corrected chi connectivity index (χ0v) is 7.10. The van der Waals surface area contributed by atoms with Crippen molar-refractivity contribution >= 4 is 6.08 Å². The van der Waals surface area contributed by atoms with E-state index in [0.29, 0.717) is 0 Å². The van der Waals surface area contributed by atoms with E-state index in [9.17, 15) is 0 Å². The summed E-state index contributed by atoms with van der Waals surface area (Å²) in [6.45, 7) is 5.42. The lowest BCUT2D eigenvalue weighted by molar-refractivity contribution is 0.582. The lowest BCUT2D eigenvalue weighted by Crippen LogP contribution is -1.75. The summed E-state index contributed by atoms with van der Waals surface area (Å²) in [5.74, 6) is 0.865. The number of benzene rings is 1. The lowest BCUT2D eigenvalue weighted by atomic mass is 10.1. The highest BCUT2D eigenvalue weighted by atomic mass is 16.3. The predicted octanol–water partition coefficient (Wildman–Crippen LogP) is 3.39. The van der Waals surface area contributed by atoms with Crippen molar-refractivity contribution in [2.75, 3.05) is 0 Å². The van der Waals surface area contributed by atoms with Gasteiger partial charge in [0, 0.05) is 5.56 Å². The van der Waals surface area contributed by atoms with E-state index in [1.807, 2.05) is 36.4 Å². The van der Waals surface area contributed by atoms with Gasteiger partial charge < -0.3 is 4.42 Å². The summed E-state index contributed by atoms with van der Waals surface area (Å²) in [5.41, 5.74) is 2.04. The van der Waals surface area contributed by atoms with E-state index in [1.165, 1.54) is 0 Å². The number of hydrogen-bond donors (Lipinski definition) is 0. The Morgan fingerprint density at radius 1 is 1.15 bits per heavy atom. The molecule has 2 rings (SSSR count). The molecular weight excluding hydrogens is 160 g/mol. The molecule has 0 unspecified atom stereocenters. The van der Waals surface area contributed by atoms with Crippen LogP contribution in [-0.2, 0) is 0 Å². The SMILES string of the molecule is [CH]=Cc1cccc(-c2ccco2)c1. The second-order valence-electron chi connectivity index (χ2n) is 2.77. The van der Waals surface area contributed by atoms with Gasteiger partial charge in [0.25, 0.3) is 0 Å². The van der Waals surface area contributed by atoms with Gasteiger partial charge in [-0.15, -0.1) is 0 Å². The maximum atomic E-state index is 5.42. The maximum Gasteiger partial charge on any atom is 0.133 e. The zero-order chi connectivity index (χ0) is 9.10. The van der Waals surface area contributed by atoms with E-state index in [2.05, 4.69) is 0 Å². The topological polar surface area (TPSA) is 13.1 Å². The van der Waals surface area contributed by atoms with Crippen molar-refractivity contribution in [2.24, 2.45) is 0 Å². The van der Waals surface area contributed by atoms with Crippen molar-refractivity contribution in [2.45, 2.75) is 0 Å². The molecule has 0 atom stereocenters. The molecule has 13 heavy (non-hydrogen) atoms. The highest BCUT2D eigenvalue weighted by Crippen LogP contribution is 2.20. The average Bonchev–Trinajstić information content (AvgIpc) is 2.71. The van der Waals surface area contributed by atoms with Crippen LogP contribution < -0.4 is 0 Å². The van der Waals surface area contributed by atoms with Crippen LogP contribution >= 0.6 is 0 Å². The van der Waals surface area contributed by atoms with Crippen molar-refractivity contribution in [3.63, 3.8) is 0 Å². The lowest BCUT2D eigenvalue weighted by Gasteiger charge is -1.97. The van der Waals surface area contributed by atoms with Gasteiger partial charge in [-0.3, -0.25) is 0 Å². The Kier molecular flexibility index (Phi) is 2.01. The largest absolute Gasteiger partial charge is 0.464 e. The van der Waals surface area contributed by atoms with Crippen molar-refractivity contribution in [3.8, 4) is 11.3 Å². The van der Waals surface area contributed by atoms with Gasteiger partial charge in [0.15, 0.2) is 0 Å². The molecule has 1 heteroatoms. The molecule has 1 radical (unpaired) electrons. The highest BCUT2D eigenvalue weighted by Gasteiger charge is 1.98. The standard InChI is InChI=1S/C12H9O/c1-2-10-5-3-6-11(9-10)12-7-4-8-13-12/h1-9H. The Morgan fingerprint density at radius 3 is 2.77 bits per heavy atom. The fourth-order valence-electron chi connectivity index (χ4n) is 1.24. The molecule has 0 fully saturated rings. The van der Waals surface area contributed by atoms with Crippen molar-refractivity contribution < 1.29 is 4.42 Å². The highest BCUT2D eigenvalue weighted by molar-refractivity contribution is 5.62. The van der Waals surface area contributed by atoms with Gasteiger partial charge >= 0.3 is 0 Å². The van der Waals surface area contributed by atoms with Crippen LogP contribution in [0, 0.1) is 6.58 Å². The normalized spacial score (nSPS) is 9.85. The van der Waals surface area contributed by atoms with Crippen LogP contribution in [-0.4, -0.2) is 0 Å². The Bertz CT molecular complexity index is 399. The van der Waals surface area contributed by atoms with Crippen LogP contribution in [0.25, 0.3) is 17.4 Å². The van der Waals surface area contributed by atoms with E-state index in [-0.39, 0.29) is 0 Å². The van der Waals surface area contributed by atoms with Crippen LogP contribution in [0.2, 0.25) is 0 Å². The molecule has 1 nitrogen and oxygen atoms in total. The van der Waals surface area contributed by atoms with Gasteiger partial charge in [0.2, 0.25) is 0 Å². The van der Waals surface area contributed by atoms with Crippen molar-refractivity contribution in [1.82, 2.24) is 0 Å². The summed E-state index contributed by atoms with van der Waals surface area (Å²) in [7, 11) is 0. The van der Waals surface area contributed by atoms with E-state index >= 15 is 0 Å². The third-order valence-corrected chi connectivity index (χ3v) is 1.88. The minimum absolute atomic E-state index is 0.865. The molecule has 0 N–H and O–H groups in total. The molecule has 0 aliphatic rings. The molecule has 1 aromatic heterocycles. The van der Waals surface area contributed by atoms with Gasteiger partial charge in [-0.2, -0.15) is 0 Å². The van der Waals surface area contributed by atoms with Gasteiger partial charge in [-0.05, 0) is 23.8 Å². The first-order chi connectivity index (χ1) is 6.40. The summed E-state index contributed by atoms with van der Waals surface area (Å²) in [4.78, 5) is 0. The Labute approximate surface area is 77.3 Å². The quantitative estimate of drug-likeness (QED) is 0.671. The van der Waals surface area contributed by atoms with Crippen LogP contribution in [0.1, 0.15) is 5.56 Å². The van der Waals surface area contributed by atoms with Gasteiger partial charge in [0.1, 0.15) is 5.76 Å². The molecule has 0 amide bonds.